The number of nitrogens with zero attached hydrogens (tertiary/aromatic N) is 2. The summed E-state index contributed by atoms with van der Waals surface area (Å²) in [5.74, 6) is 2.33. The Kier molecular flexibility index (Phi) is 6.62. The highest BCUT2D eigenvalue weighted by molar-refractivity contribution is 8.26. The molecule has 1 aliphatic heterocycles. The van der Waals surface area contributed by atoms with Crippen LogP contribution in [-0.2, 0) is 22.7 Å². The lowest BCUT2D eigenvalue weighted by Gasteiger charge is -2.23. The molecule has 5 rings (SSSR count). The van der Waals surface area contributed by atoms with Crippen LogP contribution in [-0.4, -0.2) is 32.5 Å². The molecule has 2 unspecified atom stereocenters. The fraction of sp³-hybridized carbons (Fsp3) is 0.269. The summed E-state index contributed by atoms with van der Waals surface area (Å²) in [6.07, 6.45) is 4.31. The van der Waals surface area contributed by atoms with E-state index in [0.717, 1.165) is 23.9 Å². The molecule has 0 bridgehead atoms. The van der Waals surface area contributed by atoms with Gasteiger partial charge in [0.1, 0.15) is 34.0 Å². The van der Waals surface area contributed by atoms with Gasteiger partial charge in [0.2, 0.25) is 5.91 Å². The molecule has 1 aliphatic carbocycles. The van der Waals surface area contributed by atoms with E-state index >= 15 is 0 Å². The van der Waals surface area contributed by atoms with Crippen molar-refractivity contribution < 1.29 is 22.8 Å². The van der Waals surface area contributed by atoms with Gasteiger partial charge in [-0.25, -0.2) is 4.39 Å². The monoisotopic (exact) mass is 510 g/mol. The van der Waals surface area contributed by atoms with Crippen LogP contribution in [0.5, 0.6) is 0 Å². The number of rotatable bonds is 8. The predicted molar refractivity (Wildman–Crippen MR) is 134 cm³/mol. The lowest BCUT2D eigenvalue weighted by molar-refractivity contribution is -0.136. The number of furan rings is 2. The molecule has 1 saturated heterocycles. The van der Waals surface area contributed by atoms with Gasteiger partial charge in [-0.2, -0.15) is 0 Å². The quantitative estimate of drug-likeness (QED) is 0.292. The fourth-order valence-corrected chi connectivity index (χ4v) is 5.25. The normalized spacial score (nSPS) is 20.6. The van der Waals surface area contributed by atoms with Crippen molar-refractivity contribution >= 4 is 46.2 Å². The van der Waals surface area contributed by atoms with Crippen LogP contribution < -0.4 is 0 Å². The van der Waals surface area contributed by atoms with Gasteiger partial charge in [0.25, 0.3) is 5.91 Å². The molecule has 180 valence electrons. The summed E-state index contributed by atoms with van der Waals surface area (Å²) < 4.78 is 25.0. The van der Waals surface area contributed by atoms with E-state index in [1.54, 1.807) is 41.5 Å². The Bertz CT molecular complexity index is 1280. The molecular formula is C26H23FN2O4S2. The third-order valence-electron chi connectivity index (χ3n) is 6.12. The second kappa shape index (κ2) is 9.83. The van der Waals surface area contributed by atoms with Gasteiger partial charge in [-0.3, -0.25) is 14.5 Å². The lowest BCUT2D eigenvalue weighted by atomic mass is 10.2. The third kappa shape index (κ3) is 5.41. The van der Waals surface area contributed by atoms with Crippen LogP contribution in [0, 0.1) is 11.7 Å². The van der Waals surface area contributed by atoms with Crippen LogP contribution in [0.3, 0.4) is 0 Å². The van der Waals surface area contributed by atoms with E-state index in [-0.39, 0.29) is 37.3 Å². The van der Waals surface area contributed by atoms with Crippen LogP contribution in [0.25, 0.3) is 6.08 Å². The van der Waals surface area contributed by atoms with Crippen molar-refractivity contribution in [3.63, 3.8) is 0 Å². The molecule has 0 spiro atoms. The Labute approximate surface area is 211 Å². The van der Waals surface area contributed by atoms with E-state index < -0.39 is 0 Å². The highest BCUT2D eigenvalue weighted by Crippen LogP contribution is 2.47. The topological polar surface area (TPSA) is 66.9 Å². The minimum Gasteiger partial charge on any atom is -0.467 e. The summed E-state index contributed by atoms with van der Waals surface area (Å²) in [6.45, 7) is 2.48. The second-order valence-corrected chi connectivity index (χ2v) is 10.4. The van der Waals surface area contributed by atoms with E-state index in [1.807, 2.05) is 12.1 Å². The van der Waals surface area contributed by atoms with Gasteiger partial charge in [-0.15, -0.1) is 0 Å². The van der Waals surface area contributed by atoms with Gasteiger partial charge >= 0.3 is 0 Å². The maximum absolute atomic E-state index is 13.3. The Balaban J connectivity index is 1.30. The number of thiocarbonyl (C=S) groups is 1. The maximum atomic E-state index is 13.3. The first-order chi connectivity index (χ1) is 16.9. The van der Waals surface area contributed by atoms with Gasteiger partial charge < -0.3 is 13.7 Å². The number of hydrogen-bond acceptors (Lipinski definition) is 6. The van der Waals surface area contributed by atoms with Crippen molar-refractivity contribution in [2.45, 2.75) is 32.4 Å². The Morgan fingerprint density at radius 2 is 1.94 bits per heavy atom. The zero-order chi connectivity index (χ0) is 24.5. The minimum absolute atomic E-state index is 0.195. The zero-order valence-corrected chi connectivity index (χ0v) is 20.6. The van der Waals surface area contributed by atoms with Gasteiger partial charge in [-0.05, 0) is 60.4 Å². The van der Waals surface area contributed by atoms with E-state index in [2.05, 4.69) is 6.92 Å². The number of thioether (sulfide) groups is 1. The van der Waals surface area contributed by atoms with Crippen LogP contribution in [0.15, 0.2) is 68.5 Å². The zero-order valence-electron chi connectivity index (χ0n) is 19.0. The van der Waals surface area contributed by atoms with Crippen LogP contribution in [0.1, 0.15) is 42.1 Å². The first-order valence-electron chi connectivity index (χ1n) is 11.3. The largest absolute Gasteiger partial charge is 0.467 e. The SMILES string of the molecule is CC1CC1c1ccc(CN(Cc2ccco2)C(=O)CN2C(=O)/C(=C/c3ccc(F)cc3)SC2=S)o1. The van der Waals surface area contributed by atoms with Crippen LogP contribution in [0.4, 0.5) is 4.39 Å². The van der Waals surface area contributed by atoms with Crippen molar-refractivity contribution in [2.75, 3.05) is 6.54 Å². The maximum Gasteiger partial charge on any atom is 0.266 e. The van der Waals surface area contributed by atoms with E-state index in [4.69, 9.17) is 21.1 Å². The van der Waals surface area contributed by atoms with Crippen molar-refractivity contribution in [3.05, 3.63) is 88.4 Å². The molecule has 9 heteroatoms. The molecule has 2 aliphatic rings. The van der Waals surface area contributed by atoms with E-state index in [1.165, 1.54) is 17.0 Å². The van der Waals surface area contributed by atoms with Crippen LogP contribution >= 0.6 is 24.0 Å². The summed E-state index contributed by atoms with van der Waals surface area (Å²) >= 11 is 6.52. The number of carbonyl (C=O) groups excluding carboxylic acids is 2. The average Bonchev–Trinajstić information content (AvgIpc) is 3.18. The smallest absolute Gasteiger partial charge is 0.266 e. The second-order valence-electron chi connectivity index (χ2n) is 8.77. The summed E-state index contributed by atoms with van der Waals surface area (Å²) in [4.78, 5) is 29.6. The molecule has 35 heavy (non-hydrogen) atoms. The highest BCUT2D eigenvalue weighted by Gasteiger charge is 2.37. The van der Waals surface area contributed by atoms with Crippen molar-refractivity contribution in [1.29, 1.82) is 0 Å². The molecule has 3 aromatic rings. The number of hydrogen-bond donors (Lipinski definition) is 0. The highest BCUT2D eigenvalue weighted by atomic mass is 32.2. The van der Waals surface area contributed by atoms with E-state index in [9.17, 15) is 14.0 Å². The number of amides is 2. The Morgan fingerprint density at radius 1 is 1.20 bits per heavy atom. The molecule has 0 radical (unpaired) electrons. The molecular weight excluding hydrogens is 487 g/mol. The van der Waals surface area contributed by atoms with Gasteiger partial charge in [0, 0.05) is 5.92 Å². The lowest BCUT2D eigenvalue weighted by Crippen LogP contribution is -2.41. The molecule has 1 aromatic carbocycles. The summed E-state index contributed by atoms with van der Waals surface area (Å²) in [5.41, 5.74) is 0.677. The third-order valence-corrected chi connectivity index (χ3v) is 7.50. The van der Waals surface area contributed by atoms with Gasteiger partial charge in [0.15, 0.2) is 0 Å². The molecule has 3 heterocycles. The first kappa shape index (κ1) is 23.6. The van der Waals surface area contributed by atoms with Gasteiger partial charge in [-0.1, -0.05) is 43.0 Å². The summed E-state index contributed by atoms with van der Waals surface area (Å²) in [6, 6.07) is 13.2. The molecule has 1 saturated carbocycles. The molecule has 2 aromatic heterocycles. The summed E-state index contributed by atoms with van der Waals surface area (Å²) in [7, 11) is 0. The Hall–Kier alpha value is -3.17. The van der Waals surface area contributed by atoms with Crippen molar-refractivity contribution in [1.82, 2.24) is 9.80 Å². The first-order valence-corrected chi connectivity index (χ1v) is 12.5. The standard InChI is InChI=1S/C26H23FN2O4S2/c1-16-11-21(16)22-9-8-20(33-22)14-28(13-19-3-2-10-32-19)24(30)15-29-25(31)23(35-26(29)34)12-17-4-6-18(27)7-5-17/h2-10,12,16,21H,11,13-15H2,1H3/b23-12-. The number of halogens is 1. The number of benzene rings is 1. The fourth-order valence-electron chi connectivity index (χ4n) is 3.99. The molecule has 0 N–H and O–H groups in total. The van der Waals surface area contributed by atoms with Gasteiger partial charge in [0.05, 0.1) is 24.3 Å². The van der Waals surface area contributed by atoms with Crippen molar-refractivity contribution in [3.8, 4) is 0 Å². The molecule has 2 atom stereocenters. The molecule has 2 amide bonds. The Morgan fingerprint density at radius 3 is 2.63 bits per heavy atom. The molecule has 2 fully saturated rings. The van der Waals surface area contributed by atoms with Crippen molar-refractivity contribution in [2.24, 2.45) is 5.92 Å². The predicted octanol–water partition coefficient (Wildman–Crippen LogP) is 5.57. The van der Waals surface area contributed by atoms with E-state index in [0.29, 0.717) is 38.1 Å². The average molecular weight is 511 g/mol. The summed E-state index contributed by atoms with van der Waals surface area (Å²) in [5, 5.41) is 0. The van der Waals surface area contributed by atoms with Crippen LogP contribution in [0.2, 0.25) is 0 Å². The molecule has 6 nitrogen and oxygen atoms in total. The number of carbonyl (C=O) groups is 2. The minimum atomic E-state index is -0.354.